The highest BCUT2D eigenvalue weighted by Crippen LogP contribution is 2.12. The minimum Gasteiger partial charge on any atom is -0.494 e. The van der Waals surface area contributed by atoms with Crippen LogP contribution >= 0.6 is 0 Å². The van der Waals surface area contributed by atoms with Gasteiger partial charge in [0.05, 0.1) is 6.61 Å². The molecule has 1 saturated heterocycles. The molecule has 2 rings (SSSR count). The zero-order chi connectivity index (χ0) is 13.5. The summed E-state index contributed by atoms with van der Waals surface area (Å²) in [6.45, 7) is 4.08. The second-order valence-electron chi connectivity index (χ2n) is 5.08. The second-order valence-corrected chi connectivity index (χ2v) is 5.08. The van der Waals surface area contributed by atoms with Crippen LogP contribution in [0.5, 0.6) is 5.75 Å². The Kier molecular flexibility index (Phi) is 5.61. The molecule has 0 spiro atoms. The average molecular weight is 266 g/mol. The van der Waals surface area contributed by atoms with Crippen LogP contribution in [0, 0.1) is 5.82 Å². The Bertz CT molecular complexity index is 369. The van der Waals surface area contributed by atoms with E-state index in [2.05, 4.69) is 10.2 Å². The first kappa shape index (κ1) is 14.3. The molecule has 1 heterocycles. The summed E-state index contributed by atoms with van der Waals surface area (Å²) in [6, 6.07) is 6.84. The molecule has 1 unspecified atom stereocenters. The molecule has 4 heteroatoms. The molecule has 1 aromatic rings. The SMILES string of the molecule is CNC1CCCN(CCCOc2ccc(F)cc2)C1. The molecule has 0 radical (unpaired) electrons. The Morgan fingerprint density at radius 3 is 2.89 bits per heavy atom. The molecule has 1 aliphatic rings. The van der Waals surface area contributed by atoms with Crippen molar-refractivity contribution < 1.29 is 9.13 Å². The Balaban J connectivity index is 1.62. The van der Waals surface area contributed by atoms with Crippen LogP contribution in [0.4, 0.5) is 4.39 Å². The summed E-state index contributed by atoms with van der Waals surface area (Å²) in [5.41, 5.74) is 0. The van der Waals surface area contributed by atoms with Crippen LogP contribution in [0.25, 0.3) is 0 Å². The molecule has 0 aromatic heterocycles. The molecular formula is C15H23FN2O. The van der Waals surface area contributed by atoms with Crippen LogP contribution in [-0.2, 0) is 0 Å². The third-order valence-electron chi connectivity index (χ3n) is 3.61. The number of hydrogen-bond acceptors (Lipinski definition) is 3. The number of rotatable bonds is 6. The van der Waals surface area contributed by atoms with Gasteiger partial charge in [0.15, 0.2) is 0 Å². The molecule has 1 aliphatic heterocycles. The Labute approximate surface area is 114 Å². The van der Waals surface area contributed by atoms with Gasteiger partial charge in [-0.2, -0.15) is 0 Å². The zero-order valence-electron chi connectivity index (χ0n) is 11.6. The van der Waals surface area contributed by atoms with Gasteiger partial charge >= 0.3 is 0 Å². The molecule has 3 nitrogen and oxygen atoms in total. The predicted octanol–water partition coefficient (Wildman–Crippen LogP) is 2.28. The smallest absolute Gasteiger partial charge is 0.123 e. The maximum absolute atomic E-state index is 12.7. The zero-order valence-corrected chi connectivity index (χ0v) is 11.6. The largest absolute Gasteiger partial charge is 0.494 e. The van der Waals surface area contributed by atoms with Crippen molar-refractivity contribution in [3.05, 3.63) is 30.1 Å². The topological polar surface area (TPSA) is 24.5 Å². The van der Waals surface area contributed by atoms with Crippen LogP contribution in [0.2, 0.25) is 0 Å². The van der Waals surface area contributed by atoms with Crippen LogP contribution in [0.15, 0.2) is 24.3 Å². The number of benzene rings is 1. The summed E-state index contributed by atoms with van der Waals surface area (Å²) in [5, 5.41) is 3.35. The van der Waals surface area contributed by atoms with E-state index >= 15 is 0 Å². The third kappa shape index (κ3) is 4.80. The van der Waals surface area contributed by atoms with E-state index in [0.29, 0.717) is 12.6 Å². The molecule has 0 saturated carbocycles. The summed E-state index contributed by atoms with van der Waals surface area (Å²) in [6.07, 6.45) is 3.55. The number of likely N-dealkylation sites (tertiary alicyclic amines) is 1. The van der Waals surface area contributed by atoms with E-state index in [-0.39, 0.29) is 5.82 Å². The van der Waals surface area contributed by atoms with Gasteiger partial charge < -0.3 is 15.0 Å². The molecule has 1 N–H and O–H groups in total. The normalized spacial score (nSPS) is 20.4. The van der Waals surface area contributed by atoms with Crippen LogP contribution < -0.4 is 10.1 Å². The van der Waals surface area contributed by atoms with E-state index in [1.807, 2.05) is 7.05 Å². The van der Waals surface area contributed by atoms with Crippen molar-refractivity contribution in [1.82, 2.24) is 10.2 Å². The van der Waals surface area contributed by atoms with Gasteiger partial charge in [-0.15, -0.1) is 0 Å². The molecule has 1 fully saturated rings. The lowest BCUT2D eigenvalue weighted by atomic mass is 10.1. The first-order valence-electron chi connectivity index (χ1n) is 7.06. The van der Waals surface area contributed by atoms with E-state index in [0.717, 1.165) is 25.3 Å². The Hall–Kier alpha value is -1.13. The van der Waals surface area contributed by atoms with E-state index in [9.17, 15) is 4.39 Å². The van der Waals surface area contributed by atoms with Crippen molar-refractivity contribution in [2.24, 2.45) is 0 Å². The van der Waals surface area contributed by atoms with Crippen molar-refractivity contribution in [2.45, 2.75) is 25.3 Å². The predicted molar refractivity (Wildman–Crippen MR) is 75.0 cm³/mol. The summed E-state index contributed by atoms with van der Waals surface area (Å²) in [5.74, 6) is 0.520. The highest BCUT2D eigenvalue weighted by atomic mass is 19.1. The van der Waals surface area contributed by atoms with Crippen molar-refractivity contribution in [3.8, 4) is 5.75 Å². The summed E-state index contributed by atoms with van der Waals surface area (Å²) in [7, 11) is 2.03. The summed E-state index contributed by atoms with van der Waals surface area (Å²) in [4.78, 5) is 2.48. The van der Waals surface area contributed by atoms with Gasteiger partial charge in [0, 0.05) is 19.1 Å². The molecular weight excluding hydrogens is 243 g/mol. The third-order valence-corrected chi connectivity index (χ3v) is 3.61. The number of ether oxygens (including phenoxy) is 1. The molecule has 0 bridgehead atoms. The maximum Gasteiger partial charge on any atom is 0.123 e. The lowest BCUT2D eigenvalue weighted by Crippen LogP contribution is -2.44. The highest BCUT2D eigenvalue weighted by molar-refractivity contribution is 5.21. The maximum atomic E-state index is 12.7. The number of piperidine rings is 1. The number of nitrogens with one attached hydrogen (secondary N) is 1. The van der Waals surface area contributed by atoms with E-state index in [4.69, 9.17) is 4.74 Å². The van der Waals surface area contributed by atoms with Crippen LogP contribution in [0.3, 0.4) is 0 Å². The number of hydrogen-bond donors (Lipinski definition) is 1. The van der Waals surface area contributed by atoms with Crippen LogP contribution in [0.1, 0.15) is 19.3 Å². The highest BCUT2D eigenvalue weighted by Gasteiger charge is 2.17. The fourth-order valence-electron chi connectivity index (χ4n) is 2.50. The Morgan fingerprint density at radius 2 is 2.16 bits per heavy atom. The van der Waals surface area contributed by atoms with Gasteiger partial charge in [0.25, 0.3) is 0 Å². The monoisotopic (exact) mass is 266 g/mol. The Morgan fingerprint density at radius 1 is 1.37 bits per heavy atom. The standard InChI is InChI=1S/C15H23FN2O/c1-17-14-4-2-9-18(12-14)10-3-11-19-15-7-5-13(16)6-8-15/h5-8,14,17H,2-4,9-12H2,1H3. The second kappa shape index (κ2) is 7.46. The molecule has 1 atom stereocenters. The number of nitrogens with zero attached hydrogens (tertiary/aromatic N) is 1. The van der Waals surface area contributed by atoms with Gasteiger partial charge in [-0.3, -0.25) is 0 Å². The van der Waals surface area contributed by atoms with E-state index in [1.54, 1.807) is 12.1 Å². The van der Waals surface area contributed by atoms with Gasteiger partial charge in [-0.1, -0.05) is 0 Å². The lowest BCUT2D eigenvalue weighted by Gasteiger charge is -2.32. The van der Waals surface area contributed by atoms with Gasteiger partial charge in [-0.05, 0) is 57.1 Å². The van der Waals surface area contributed by atoms with Gasteiger partial charge in [-0.25, -0.2) is 4.39 Å². The fraction of sp³-hybridized carbons (Fsp3) is 0.600. The molecule has 0 aliphatic carbocycles. The minimum absolute atomic E-state index is 0.223. The molecule has 106 valence electrons. The number of likely N-dealkylation sites (N-methyl/N-ethyl adjacent to an activating group) is 1. The lowest BCUT2D eigenvalue weighted by molar-refractivity contribution is 0.179. The minimum atomic E-state index is -0.223. The van der Waals surface area contributed by atoms with Crippen molar-refractivity contribution in [3.63, 3.8) is 0 Å². The van der Waals surface area contributed by atoms with Crippen molar-refractivity contribution in [1.29, 1.82) is 0 Å². The van der Waals surface area contributed by atoms with Gasteiger partial charge in [0.1, 0.15) is 11.6 Å². The quantitative estimate of drug-likeness (QED) is 0.800. The first-order chi connectivity index (χ1) is 9.28. The van der Waals surface area contributed by atoms with Gasteiger partial charge in [0.2, 0.25) is 0 Å². The number of halogens is 1. The van der Waals surface area contributed by atoms with E-state index in [1.165, 1.54) is 31.5 Å². The average Bonchev–Trinajstić information content (AvgIpc) is 2.46. The van der Waals surface area contributed by atoms with Crippen molar-refractivity contribution in [2.75, 3.05) is 33.3 Å². The van der Waals surface area contributed by atoms with E-state index < -0.39 is 0 Å². The summed E-state index contributed by atoms with van der Waals surface area (Å²) < 4.78 is 18.3. The first-order valence-corrected chi connectivity index (χ1v) is 7.06. The van der Waals surface area contributed by atoms with Crippen molar-refractivity contribution >= 4 is 0 Å². The van der Waals surface area contributed by atoms with Crippen LogP contribution in [-0.4, -0.2) is 44.2 Å². The fourth-order valence-corrected chi connectivity index (χ4v) is 2.50. The molecule has 0 amide bonds. The molecule has 19 heavy (non-hydrogen) atoms. The summed E-state index contributed by atoms with van der Waals surface area (Å²) >= 11 is 0. The molecule has 1 aromatic carbocycles.